The molecule has 2 aromatic rings. The molecular formula is C21H25N3O2S. The molecule has 1 saturated heterocycles. The molecule has 2 heterocycles. The molecule has 1 aromatic heterocycles. The van der Waals surface area contributed by atoms with Crippen molar-refractivity contribution in [2.75, 3.05) is 32.7 Å². The number of thiophene rings is 1. The fraction of sp³-hybridized carbons (Fsp3) is 0.429. The second-order valence-electron chi connectivity index (χ2n) is 7.27. The van der Waals surface area contributed by atoms with Crippen LogP contribution in [0.4, 0.5) is 0 Å². The molecule has 1 saturated carbocycles. The van der Waals surface area contributed by atoms with E-state index < -0.39 is 0 Å². The fourth-order valence-corrected chi connectivity index (χ4v) is 4.25. The molecule has 142 valence electrons. The lowest BCUT2D eigenvalue weighted by atomic mass is 10.2. The highest BCUT2D eigenvalue weighted by atomic mass is 32.1. The number of piperazine rings is 1. The zero-order valence-electron chi connectivity index (χ0n) is 15.4. The normalized spacial score (nSPS) is 17.4. The third-order valence-electron chi connectivity index (χ3n) is 5.28. The van der Waals surface area contributed by atoms with Gasteiger partial charge in [0.25, 0.3) is 5.91 Å². The molecule has 0 unspecified atom stereocenters. The van der Waals surface area contributed by atoms with Crippen LogP contribution in [0.25, 0.3) is 0 Å². The number of nitrogens with zero attached hydrogens (tertiary/aromatic N) is 3. The Morgan fingerprint density at radius 1 is 0.963 bits per heavy atom. The average molecular weight is 384 g/mol. The zero-order chi connectivity index (χ0) is 18.6. The molecule has 2 fully saturated rings. The van der Waals surface area contributed by atoms with E-state index in [9.17, 15) is 9.59 Å². The maximum atomic E-state index is 12.8. The Hall–Kier alpha value is -2.18. The van der Waals surface area contributed by atoms with Crippen molar-refractivity contribution in [3.8, 4) is 0 Å². The van der Waals surface area contributed by atoms with Gasteiger partial charge >= 0.3 is 0 Å². The highest BCUT2D eigenvalue weighted by Gasteiger charge is 2.32. The van der Waals surface area contributed by atoms with Gasteiger partial charge in [-0.15, -0.1) is 11.3 Å². The third-order valence-corrected chi connectivity index (χ3v) is 6.14. The summed E-state index contributed by atoms with van der Waals surface area (Å²) >= 11 is 1.47. The molecule has 2 amide bonds. The molecule has 5 nitrogen and oxygen atoms in total. The Kier molecular flexibility index (Phi) is 5.55. The summed E-state index contributed by atoms with van der Waals surface area (Å²) in [6.07, 6.45) is 2.37. The molecule has 1 aromatic carbocycles. The molecule has 1 aliphatic heterocycles. The van der Waals surface area contributed by atoms with Crippen molar-refractivity contribution in [1.29, 1.82) is 0 Å². The Labute approximate surface area is 164 Å². The number of amides is 2. The molecule has 6 heteroatoms. The van der Waals surface area contributed by atoms with E-state index in [1.54, 1.807) is 0 Å². The first-order valence-corrected chi connectivity index (χ1v) is 10.5. The van der Waals surface area contributed by atoms with Crippen molar-refractivity contribution in [2.45, 2.75) is 25.4 Å². The summed E-state index contributed by atoms with van der Waals surface area (Å²) in [4.78, 5) is 32.1. The SMILES string of the molecule is O=C(CN(Cc1ccccc1)C1CC1)N1CCN(C(=O)c2cccs2)CC1. The monoisotopic (exact) mass is 383 g/mol. The Balaban J connectivity index is 1.30. The second-order valence-corrected chi connectivity index (χ2v) is 8.22. The maximum Gasteiger partial charge on any atom is 0.264 e. The van der Waals surface area contributed by atoms with E-state index >= 15 is 0 Å². The average Bonchev–Trinajstić information content (AvgIpc) is 3.42. The molecule has 0 bridgehead atoms. The van der Waals surface area contributed by atoms with Crippen LogP contribution < -0.4 is 0 Å². The Morgan fingerprint density at radius 2 is 1.67 bits per heavy atom. The number of rotatable bonds is 6. The lowest BCUT2D eigenvalue weighted by molar-refractivity contribution is -0.134. The van der Waals surface area contributed by atoms with Gasteiger partial charge in [0.15, 0.2) is 0 Å². The molecule has 4 rings (SSSR count). The van der Waals surface area contributed by atoms with E-state index in [0.29, 0.717) is 38.8 Å². The van der Waals surface area contributed by atoms with Gasteiger partial charge in [-0.3, -0.25) is 14.5 Å². The van der Waals surface area contributed by atoms with E-state index in [4.69, 9.17) is 0 Å². The molecule has 0 spiro atoms. The lowest BCUT2D eigenvalue weighted by Crippen LogP contribution is -2.52. The van der Waals surface area contributed by atoms with Gasteiger partial charge in [0, 0.05) is 38.8 Å². The summed E-state index contributed by atoms with van der Waals surface area (Å²) in [7, 11) is 0. The van der Waals surface area contributed by atoms with Crippen molar-refractivity contribution in [3.63, 3.8) is 0 Å². The minimum atomic E-state index is 0.0841. The van der Waals surface area contributed by atoms with Crippen LogP contribution in [0, 0.1) is 0 Å². The predicted molar refractivity (Wildman–Crippen MR) is 107 cm³/mol. The van der Waals surface area contributed by atoms with Gasteiger partial charge in [-0.05, 0) is 29.9 Å². The van der Waals surface area contributed by atoms with Crippen LogP contribution in [0.1, 0.15) is 28.1 Å². The highest BCUT2D eigenvalue weighted by molar-refractivity contribution is 7.12. The van der Waals surface area contributed by atoms with Crippen molar-refractivity contribution >= 4 is 23.2 Å². The summed E-state index contributed by atoms with van der Waals surface area (Å²) in [6, 6.07) is 14.7. The first-order valence-electron chi connectivity index (χ1n) is 9.59. The number of hydrogen-bond donors (Lipinski definition) is 0. The van der Waals surface area contributed by atoms with Crippen LogP contribution >= 0.6 is 11.3 Å². The Morgan fingerprint density at radius 3 is 2.30 bits per heavy atom. The van der Waals surface area contributed by atoms with Crippen molar-refractivity contribution in [2.24, 2.45) is 0 Å². The molecule has 0 atom stereocenters. The van der Waals surface area contributed by atoms with Gasteiger partial charge in [0.1, 0.15) is 0 Å². The number of carbonyl (C=O) groups is 2. The van der Waals surface area contributed by atoms with E-state index in [1.165, 1.54) is 29.7 Å². The molecule has 0 radical (unpaired) electrons. The topological polar surface area (TPSA) is 43.9 Å². The van der Waals surface area contributed by atoms with Gasteiger partial charge in [0.2, 0.25) is 5.91 Å². The molecule has 2 aliphatic rings. The first-order chi connectivity index (χ1) is 13.2. The standard InChI is InChI=1S/C21H25N3O2S/c25-20(16-24(18-8-9-18)15-17-5-2-1-3-6-17)22-10-12-23(13-11-22)21(26)19-7-4-14-27-19/h1-7,14,18H,8-13,15-16H2. The molecule has 27 heavy (non-hydrogen) atoms. The lowest BCUT2D eigenvalue weighted by Gasteiger charge is -2.35. The summed E-state index contributed by atoms with van der Waals surface area (Å²) in [6.45, 7) is 3.78. The second kappa shape index (κ2) is 8.23. The quantitative estimate of drug-likeness (QED) is 0.770. The van der Waals surface area contributed by atoms with Crippen molar-refractivity contribution in [1.82, 2.24) is 14.7 Å². The van der Waals surface area contributed by atoms with Gasteiger partial charge in [-0.1, -0.05) is 36.4 Å². The van der Waals surface area contributed by atoms with E-state index in [2.05, 4.69) is 17.0 Å². The van der Waals surface area contributed by atoms with Crippen molar-refractivity contribution in [3.05, 3.63) is 58.3 Å². The minimum Gasteiger partial charge on any atom is -0.338 e. The predicted octanol–water partition coefficient (Wildman–Crippen LogP) is 2.70. The number of benzene rings is 1. The largest absolute Gasteiger partial charge is 0.338 e. The van der Waals surface area contributed by atoms with Gasteiger partial charge in [0.05, 0.1) is 11.4 Å². The van der Waals surface area contributed by atoms with Crippen LogP contribution in [0.15, 0.2) is 47.8 Å². The van der Waals surface area contributed by atoms with Crippen LogP contribution in [0.5, 0.6) is 0 Å². The molecule has 1 aliphatic carbocycles. The van der Waals surface area contributed by atoms with Crippen LogP contribution in [-0.2, 0) is 11.3 Å². The van der Waals surface area contributed by atoms with Crippen molar-refractivity contribution < 1.29 is 9.59 Å². The van der Waals surface area contributed by atoms with Crippen LogP contribution in [0.2, 0.25) is 0 Å². The maximum absolute atomic E-state index is 12.8. The van der Waals surface area contributed by atoms with E-state index in [-0.39, 0.29) is 11.8 Å². The highest BCUT2D eigenvalue weighted by Crippen LogP contribution is 2.28. The van der Waals surface area contributed by atoms with E-state index in [0.717, 1.165) is 11.4 Å². The fourth-order valence-electron chi connectivity index (χ4n) is 3.56. The molecular weight excluding hydrogens is 358 g/mol. The zero-order valence-corrected chi connectivity index (χ0v) is 16.2. The van der Waals surface area contributed by atoms with Crippen LogP contribution in [-0.4, -0.2) is 65.3 Å². The molecule has 0 N–H and O–H groups in total. The minimum absolute atomic E-state index is 0.0841. The Bertz CT molecular complexity index is 766. The first kappa shape index (κ1) is 18.2. The summed E-state index contributed by atoms with van der Waals surface area (Å²) in [5.74, 6) is 0.266. The van der Waals surface area contributed by atoms with Gasteiger partial charge in [-0.2, -0.15) is 0 Å². The number of hydrogen-bond acceptors (Lipinski definition) is 4. The summed E-state index contributed by atoms with van der Waals surface area (Å²) in [5, 5.41) is 1.92. The van der Waals surface area contributed by atoms with Crippen LogP contribution in [0.3, 0.4) is 0 Å². The van der Waals surface area contributed by atoms with Gasteiger partial charge in [-0.25, -0.2) is 0 Å². The van der Waals surface area contributed by atoms with E-state index in [1.807, 2.05) is 45.5 Å². The summed E-state index contributed by atoms with van der Waals surface area (Å²) in [5.41, 5.74) is 1.25. The summed E-state index contributed by atoms with van der Waals surface area (Å²) < 4.78 is 0. The van der Waals surface area contributed by atoms with Gasteiger partial charge < -0.3 is 9.80 Å². The number of carbonyl (C=O) groups excluding carboxylic acids is 2. The smallest absolute Gasteiger partial charge is 0.264 e. The third kappa shape index (κ3) is 4.57.